The van der Waals surface area contributed by atoms with Crippen LogP contribution in [0.3, 0.4) is 0 Å². The minimum Gasteiger partial charge on any atom is -0.482 e. The van der Waals surface area contributed by atoms with Crippen LogP contribution >= 0.6 is 15.9 Å². The number of hydrogen-bond donors (Lipinski definition) is 1. The average molecular weight is 385 g/mol. The molecule has 0 fully saturated rings. The van der Waals surface area contributed by atoms with E-state index in [0.717, 1.165) is 4.47 Å². The minimum atomic E-state index is -0.970. The van der Waals surface area contributed by atoms with Gasteiger partial charge in [0, 0.05) is 18.1 Å². The fourth-order valence-electron chi connectivity index (χ4n) is 2.20. The van der Waals surface area contributed by atoms with Crippen LogP contribution in [0.1, 0.15) is 6.92 Å². The number of carboxylic acids is 1. The fraction of sp³-hybridized carbons (Fsp3) is 0.400. The number of carbonyl (C=O) groups excluding carboxylic acids is 2. The Morgan fingerprint density at radius 1 is 1.48 bits per heavy atom. The Kier molecular flexibility index (Phi) is 5.25. The molecule has 0 aromatic heterocycles. The van der Waals surface area contributed by atoms with Gasteiger partial charge in [0.05, 0.1) is 11.6 Å². The molecule has 0 saturated heterocycles. The van der Waals surface area contributed by atoms with E-state index >= 15 is 0 Å². The lowest BCUT2D eigenvalue weighted by Crippen LogP contribution is -2.46. The van der Waals surface area contributed by atoms with Crippen molar-refractivity contribution in [2.24, 2.45) is 5.92 Å². The van der Waals surface area contributed by atoms with Crippen molar-refractivity contribution in [3.8, 4) is 5.75 Å². The number of aliphatic carboxylic acids is 1. The van der Waals surface area contributed by atoms with Gasteiger partial charge in [0.2, 0.25) is 5.91 Å². The van der Waals surface area contributed by atoms with E-state index in [4.69, 9.17) is 9.84 Å². The average Bonchev–Trinajstić information content (AvgIpc) is 2.49. The molecule has 0 saturated carbocycles. The Morgan fingerprint density at radius 2 is 2.17 bits per heavy atom. The number of carbonyl (C=O) groups is 3. The Morgan fingerprint density at radius 3 is 2.83 bits per heavy atom. The zero-order chi connectivity index (χ0) is 17.1. The SMILES string of the molecule is CC(CN(C)C(=O)CN1C(=O)COc2cc(Br)ccc21)C(=O)O. The molecule has 2 amide bonds. The van der Waals surface area contributed by atoms with Gasteiger partial charge < -0.3 is 14.7 Å². The largest absolute Gasteiger partial charge is 0.482 e. The van der Waals surface area contributed by atoms with Gasteiger partial charge in [-0.3, -0.25) is 19.3 Å². The molecule has 124 valence electrons. The Bertz CT molecular complexity index is 649. The van der Waals surface area contributed by atoms with E-state index in [-0.39, 0.29) is 31.5 Å². The Labute approximate surface area is 141 Å². The summed E-state index contributed by atoms with van der Waals surface area (Å²) in [7, 11) is 1.52. The van der Waals surface area contributed by atoms with Gasteiger partial charge in [0.15, 0.2) is 6.61 Å². The smallest absolute Gasteiger partial charge is 0.308 e. The Balaban J connectivity index is 2.11. The van der Waals surface area contributed by atoms with Gasteiger partial charge in [0.1, 0.15) is 12.3 Å². The predicted octanol–water partition coefficient (Wildman–Crippen LogP) is 1.35. The van der Waals surface area contributed by atoms with Crippen molar-refractivity contribution in [1.82, 2.24) is 4.90 Å². The number of carboxylic acid groups (broad SMARTS) is 1. The summed E-state index contributed by atoms with van der Waals surface area (Å²) in [5.74, 6) is -1.77. The molecular formula is C15H17BrN2O5. The van der Waals surface area contributed by atoms with E-state index in [2.05, 4.69) is 15.9 Å². The number of rotatable bonds is 5. The molecule has 1 atom stereocenters. The molecular weight excluding hydrogens is 368 g/mol. The summed E-state index contributed by atoms with van der Waals surface area (Å²) in [6.45, 7) is 1.32. The summed E-state index contributed by atoms with van der Waals surface area (Å²) in [5.41, 5.74) is 0.525. The van der Waals surface area contributed by atoms with Gasteiger partial charge in [-0.1, -0.05) is 22.9 Å². The number of anilines is 1. The first-order chi connectivity index (χ1) is 10.8. The fourth-order valence-corrected chi connectivity index (χ4v) is 2.54. The molecule has 0 aliphatic carbocycles. The van der Waals surface area contributed by atoms with E-state index < -0.39 is 11.9 Å². The quantitative estimate of drug-likeness (QED) is 0.827. The number of halogens is 1. The normalized spacial score (nSPS) is 14.7. The second-order valence-electron chi connectivity index (χ2n) is 5.39. The number of amides is 2. The zero-order valence-corrected chi connectivity index (χ0v) is 14.4. The summed E-state index contributed by atoms with van der Waals surface area (Å²) < 4.78 is 6.17. The highest BCUT2D eigenvalue weighted by Crippen LogP contribution is 2.34. The van der Waals surface area contributed by atoms with E-state index in [1.807, 2.05) is 0 Å². The van der Waals surface area contributed by atoms with Gasteiger partial charge in [-0.25, -0.2) is 0 Å². The van der Waals surface area contributed by atoms with Crippen molar-refractivity contribution in [2.75, 3.05) is 31.6 Å². The van der Waals surface area contributed by atoms with E-state index in [1.165, 1.54) is 23.8 Å². The van der Waals surface area contributed by atoms with Crippen LogP contribution < -0.4 is 9.64 Å². The third kappa shape index (κ3) is 4.01. The highest BCUT2D eigenvalue weighted by atomic mass is 79.9. The molecule has 7 nitrogen and oxygen atoms in total. The number of fused-ring (bicyclic) bond motifs is 1. The second kappa shape index (κ2) is 6.99. The number of hydrogen-bond acceptors (Lipinski definition) is 4. The molecule has 1 aliphatic rings. The molecule has 0 radical (unpaired) electrons. The van der Waals surface area contributed by atoms with Gasteiger partial charge in [0.25, 0.3) is 5.91 Å². The van der Waals surface area contributed by atoms with Crippen LogP contribution in [0.25, 0.3) is 0 Å². The van der Waals surface area contributed by atoms with E-state index in [9.17, 15) is 14.4 Å². The molecule has 8 heteroatoms. The highest BCUT2D eigenvalue weighted by Gasteiger charge is 2.29. The van der Waals surface area contributed by atoms with Crippen LogP contribution in [0.15, 0.2) is 22.7 Å². The van der Waals surface area contributed by atoms with Gasteiger partial charge in [-0.05, 0) is 18.2 Å². The van der Waals surface area contributed by atoms with Crippen molar-refractivity contribution in [2.45, 2.75) is 6.92 Å². The predicted molar refractivity (Wildman–Crippen MR) is 86.4 cm³/mol. The van der Waals surface area contributed by atoms with Crippen LogP contribution in [0, 0.1) is 5.92 Å². The Hall–Kier alpha value is -2.09. The first-order valence-electron chi connectivity index (χ1n) is 6.99. The maximum atomic E-state index is 12.3. The van der Waals surface area contributed by atoms with E-state index in [1.54, 1.807) is 18.2 Å². The summed E-state index contributed by atoms with van der Waals surface area (Å²) in [4.78, 5) is 37.9. The van der Waals surface area contributed by atoms with Crippen LogP contribution in [0.2, 0.25) is 0 Å². The molecule has 1 heterocycles. The third-order valence-corrected chi connectivity index (χ3v) is 4.05. The van der Waals surface area contributed by atoms with E-state index in [0.29, 0.717) is 11.4 Å². The lowest BCUT2D eigenvalue weighted by molar-refractivity contribution is -0.142. The zero-order valence-electron chi connectivity index (χ0n) is 12.8. The van der Waals surface area contributed by atoms with Crippen molar-refractivity contribution in [3.63, 3.8) is 0 Å². The first kappa shape index (κ1) is 17.3. The van der Waals surface area contributed by atoms with Crippen molar-refractivity contribution in [1.29, 1.82) is 0 Å². The third-order valence-electron chi connectivity index (χ3n) is 3.55. The highest BCUT2D eigenvalue weighted by molar-refractivity contribution is 9.10. The number of nitrogens with zero attached hydrogens (tertiary/aromatic N) is 2. The maximum Gasteiger partial charge on any atom is 0.308 e. The van der Waals surface area contributed by atoms with Crippen molar-refractivity contribution >= 4 is 39.4 Å². The first-order valence-corrected chi connectivity index (χ1v) is 7.78. The molecule has 1 aromatic carbocycles. The molecule has 1 aliphatic heterocycles. The topological polar surface area (TPSA) is 87.2 Å². The van der Waals surface area contributed by atoms with Crippen LogP contribution in [-0.2, 0) is 14.4 Å². The van der Waals surface area contributed by atoms with Gasteiger partial charge >= 0.3 is 5.97 Å². The lowest BCUT2D eigenvalue weighted by Gasteiger charge is -2.30. The van der Waals surface area contributed by atoms with Crippen molar-refractivity contribution in [3.05, 3.63) is 22.7 Å². The number of benzene rings is 1. The lowest BCUT2D eigenvalue weighted by atomic mass is 10.1. The van der Waals surface area contributed by atoms with Crippen LogP contribution in [0.4, 0.5) is 5.69 Å². The number of ether oxygens (including phenoxy) is 1. The standard InChI is InChI=1S/C15H17BrN2O5/c1-9(15(21)22)6-17(2)13(19)7-18-11-4-3-10(16)5-12(11)23-8-14(18)20/h3-5,9H,6-8H2,1-2H3,(H,21,22). The molecule has 0 spiro atoms. The van der Waals surface area contributed by atoms with Gasteiger partial charge in [-0.2, -0.15) is 0 Å². The number of likely N-dealkylation sites (N-methyl/N-ethyl adjacent to an activating group) is 1. The van der Waals surface area contributed by atoms with Gasteiger partial charge in [-0.15, -0.1) is 0 Å². The molecule has 23 heavy (non-hydrogen) atoms. The summed E-state index contributed by atoms with van der Waals surface area (Å²) >= 11 is 3.33. The molecule has 1 unspecified atom stereocenters. The molecule has 0 bridgehead atoms. The monoisotopic (exact) mass is 384 g/mol. The maximum absolute atomic E-state index is 12.3. The molecule has 2 rings (SSSR count). The summed E-state index contributed by atoms with van der Waals surface area (Å²) in [5, 5.41) is 8.91. The van der Waals surface area contributed by atoms with Crippen LogP contribution in [0.5, 0.6) is 5.75 Å². The molecule has 1 aromatic rings. The van der Waals surface area contributed by atoms with Crippen LogP contribution in [-0.4, -0.2) is 54.5 Å². The summed E-state index contributed by atoms with van der Waals surface area (Å²) in [6.07, 6.45) is 0. The minimum absolute atomic E-state index is 0.0832. The van der Waals surface area contributed by atoms with Crippen molar-refractivity contribution < 1.29 is 24.2 Å². The summed E-state index contributed by atoms with van der Waals surface area (Å²) in [6, 6.07) is 5.19. The molecule has 1 N–H and O–H groups in total. The second-order valence-corrected chi connectivity index (χ2v) is 6.31.